The topological polar surface area (TPSA) is 22.1 Å². The summed E-state index contributed by atoms with van der Waals surface area (Å²) in [4.78, 5) is 7.60. The summed E-state index contributed by atoms with van der Waals surface area (Å²) in [5, 5.41) is 0. The second-order valence-corrected chi connectivity index (χ2v) is 30.7. The first-order valence-corrected chi connectivity index (χ1v) is 29.1. The number of ether oxygens (including phenoxy) is 1. The van der Waals surface area contributed by atoms with Crippen molar-refractivity contribution < 1.29 is 4.74 Å². The Morgan fingerprint density at radius 1 is 0.446 bits per heavy atom. The normalized spacial score (nSPS) is 13.6. The average molecular weight is 804 g/mol. The number of fused-ring (bicyclic) bond motifs is 2. The van der Waals surface area contributed by atoms with Gasteiger partial charge in [0.2, 0.25) is 0 Å². The number of aromatic nitrogens is 1. The van der Waals surface area contributed by atoms with Crippen molar-refractivity contribution >= 4 is 64.0 Å². The summed E-state index contributed by atoms with van der Waals surface area (Å²) in [6.45, 7) is 14.7. The summed E-state index contributed by atoms with van der Waals surface area (Å²) in [5.74, 6) is 3.19. The molecule has 0 saturated carbocycles. The number of hydrogen-bond acceptors (Lipinski definition) is 4. The van der Waals surface area contributed by atoms with Gasteiger partial charge in [-0.05, 0) is 128 Å². The van der Waals surface area contributed by atoms with Gasteiger partial charge in [-0.2, -0.15) is 0 Å². The van der Waals surface area contributed by atoms with E-state index in [-0.39, 0.29) is 0 Å². The summed E-state index contributed by atoms with van der Waals surface area (Å²) < 4.78 is 5.64. The second kappa shape index (κ2) is 17.4. The lowest BCUT2D eigenvalue weighted by Gasteiger charge is -2.15. The van der Waals surface area contributed by atoms with Crippen LogP contribution < -0.4 is 4.74 Å². The molecule has 6 aromatic rings. The van der Waals surface area contributed by atoms with Crippen molar-refractivity contribution in [2.45, 2.75) is 61.2 Å². The Kier molecular flexibility index (Phi) is 12.4. The molecule has 0 atom stereocenters. The largest absolute Gasteiger partial charge is 0.497 e. The third-order valence-corrected chi connectivity index (χ3v) is 16.4. The van der Waals surface area contributed by atoms with Gasteiger partial charge in [0.05, 0.1) is 18.5 Å². The zero-order valence-corrected chi connectivity index (χ0v) is 37.5. The van der Waals surface area contributed by atoms with Crippen LogP contribution in [0.15, 0.2) is 131 Å². The summed E-state index contributed by atoms with van der Waals surface area (Å²) in [6, 6.07) is 47.5. The molecular weight excluding hydrogens is 751 g/mol. The third kappa shape index (κ3) is 10.5. The van der Waals surface area contributed by atoms with E-state index in [1.165, 1.54) is 77.9 Å². The molecule has 0 unspecified atom stereocenters. The summed E-state index contributed by atoms with van der Waals surface area (Å²) in [5.41, 5.74) is 13.7. The molecule has 3 heterocycles. The fraction of sp³-hybridized carbons (Fsp3) is 0.220. The molecule has 284 valence electrons. The Bertz CT molecular complexity index is 2170. The van der Waals surface area contributed by atoms with E-state index in [0.717, 1.165) is 28.3 Å². The van der Waals surface area contributed by atoms with Crippen LogP contribution in [0.5, 0.6) is 5.75 Å². The number of rotatable bonds is 13. The van der Waals surface area contributed by atoms with Gasteiger partial charge in [-0.1, -0.05) is 124 Å². The first-order chi connectivity index (χ1) is 26.9. The van der Waals surface area contributed by atoms with Gasteiger partial charge in [0.25, 0.3) is 0 Å². The fourth-order valence-electron chi connectivity index (χ4n) is 6.72. The molecule has 2 nitrogen and oxygen atoms in total. The second-order valence-electron chi connectivity index (χ2n) is 17.1. The van der Waals surface area contributed by atoms with Gasteiger partial charge < -0.3 is 4.74 Å². The number of benzene rings is 5. The third-order valence-electron chi connectivity index (χ3n) is 10.2. The van der Waals surface area contributed by atoms with Gasteiger partial charge in [0.15, 0.2) is 0 Å². The van der Waals surface area contributed by atoms with E-state index in [4.69, 9.17) is 9.72 Å². The molecule has 0 saturated heterocycles. The van der Waals surface area contributed by atoms with Crippen molar-refractivity contribution in [2.75, 3.05) is 18.6 Å². The molecule has 6 heteroatoms. The van der Waals surface area contributed by atoms with Crippen LogP contribution in [0.4, 0.5) is 0 Å². The molecule has 0 aliphatic carbocycles. The van der Waals surface area contributed by atoms with Crippen LogP contribution in [0, 0.1) is 0 Å². The number of hydrogen-bond donors (Lipinski definition) is 0. The lowest BCUT2D eigenvalue weighted by molar-refractivity contribution is 0.414. The molecule has 0 radical (unpaired) electrons. The van der Waals surface area contributed by atoms with E-state index < -0.39 is 16.1 Å². The van der Waals surface area contributed by atoms with Crippen molar-refractivity contribution in [3.05, 3.63) is 144 Å². The van der Waals surface area contributed by atoms with Gasteiger partial charge in [0.1, 0.15) is 5.75 Å². The maximum Gasteiger partial charge on any atom is 0.123 e. The lowest BCUT2D eigenvalue weighted by atomic mass is 9.89. The molecule has 2 aliphatic rings. The highest BCUT2D eigenvalue weighted by Crippen LogP contribution is 2.38. The highest BCUT2D eigenvalue weighted by molar-refractivity contribution is 7.99. The molecule has 5 aromatic carbocycles. The number of thioether (sulfide) groups is 2. The highest BCUT2D eigenvalue weighted by Gasteiger charge is 2.15. The maximum atomic E-state index is 5.64. The first-order valence-electron chi connectivity index (χ1n) is 19.7. The van der Waals surface area contributed by atoms with Crippen molar-refractivity contribution in [3.8, 4) is 50.3 Å². The van der Waals surface area contributed by atoms with E-state index in [1.807, 2.05) is 35.7 Å². The van der Waals surface area contributed by atoms with Gasteiger partial charge in [-0.3, -0.25) is 0 Å². The Balaban J connectivity index is 1.18. The highest BCUT2D eigenvalue weighted by atomic mass is 32.2. The van der Waals surface area contributed by atoms with Crippen LogP contribution in [0.25, 0.3) is 68.8 Å². The van der Waals surface area contributed by atoms with Crippen LogP contribution in [-0.4, -0.2) is 39.7 Å². The first kappa shape index (κ1) is 39.9. The van der Waals surface area contributed by atoms with Crippen LogP contribution in [0.2, 0.25) is 51.4 Å². The van der Waals surface area contributed by atoms with Crippen molar-refractivity contribution in [2.24, 2.45) is 0 Å². The predicted molar refractivity (Wildman–Crippen MR) is 255 cm³/mol. The molecule has 56 heavy (non-hydrogen) atoms. The number of pyridine rings is 1. The van der Waals surface area contributed by atoms with Crippen LogP contribution in [-0.2, 0) is 0 Å². The molecule has 1 aromatic heterocycles. The monoisotopic (exact) mass is 803 g/mol. The van der Waals surface area contributed by atoms with E-state index >= 15 is 0 Å². The van der Waals surface area contributed by atoms with Crippen LogP contribution in [0.3, 0.4) is 0 Å². The average Bonchev–Trinajstić information content (AvgIpc) is 3.22. The van der Waals surface area contributed by atoms with Crippen LogP contribution in [0.1, 0.15) is 22.5 Å². The molecule has 8 rings (SSSR count). The van der Waals surface area contributed by atoms with E-state index in [2.05, 4.69) is 173 Å². The molecule has 0 fully saturated rings. The minimum atomic E-state index is -1.02. The number of nitrogens with zero attached hydrogens (tertiary/aromatic N) is 1. The lowest BCUT2D eigenvalue weighted by Crippen LogP contribution is -2.19. The van der Waals surface area contributed by atoms with E-state index in [0.29, 0.717) is 0 Å². The predicted octanol–water partition coefficient (Wildman–Crippen LogP) is 15.3. The van der Waals surface area contributed by atoms with Crippen molar-refractivity contribution in [1.29, 1.82) is 0 Å². The molecule has 2 aliphatic heterocycles. The standard InChI is InChI=1S/C50H53NOS2Si2/c1-52-46-34-44-22-16-42-33-50(41-14-10-37(11-15-41)39-20-26-48(27-21-39)54-29-31-56(5,6)7)43(17-23-45(35-46)51-44)32-49(42)40-12-8-36(9-13-40)38-18-24-47(25-19-38)53-28-30-55(2,3)4/h8-27,32-35H,28-31H2,1-7H3/b22-16-,23-17-. The zero-order valence-electron chi connectivity index (χ0n) is 33.9. The molecule has 0 N–H and O–H groups in total. The Hall–Kier alpha value is -4.34. The molecule has 0 spiro atoms. The Morgan fingerprint density at radius 3 is 1.12 bits per heavy atom. The van der Waals surface area contributed by atoms with E-state index in [9.17, 15) is 0 Å². The Labute approximate surface area is 345 Å². The maximum absolute atomic E-state index is 5.64. The quantitative estimate of drug-likeness (QED) is 0.0855. The molecule has 0 amide bonds. The minimum absolute atomic E-state index is 0.796. The number of methoxy groups -OCH3 is 1. The smallest absolute Gasteiger partial charge is 0.123 e. The van der Waals surface area contributed by atoms with Crippen molar-refractivity contribution in [3.63, 3.8) is 0 Å². The molecule has 4 bridgehead atoms. The summed E-state index contributed by atoms with van der Waals surface area (Å²) >= 11 is 3.96. The van der Waals surface area contributed by atoms with Gasteiger partial charge >= 0.3 is 0 Å². The minimum Gasteiger partial charge on any atom is -0.497 e. The zero-order chi connectivity index (χ0) is 39.3. The van der Waals surface area contributed by atoms with Crippen LogP contribution >= 0.6 is 23.5 Å². The summed E-state index contributed by atoms with van der Waals surface area (Å²) in [6.07, 6.45) is 8.59. The van der Waals surface area contributed by atoms with Crippen molar-refractivity contribution in [1.82, 2.24) is 4.98 Å². The SMILES string of the molecule is COc1cc2nc(c1)/C=C\c1cc(-c3ccc(-c4ccc(SCC[Si](C)(C)C)cc4)cc3)c(cc1-c1ccc(-c3ccc(SCC[Si](C)(C)C)cc3)cc1)/C=C\2. The van der Waals surface area contributed by atoms with Gasteiger partial charge in [0, 0.05) is 38.1 Å². The fourth-order valence-corrected chi connectivity index (χ4v) is 13.6. The van der Waals surface area contributed by atoms with Gasteiger partial charge in [-0.25, -0.2) is 4.98 Å². The summed E-state index contributed by atoms with van der Waals surface area (Å²) in [7, 11) is -0.338. The van der Waals surface area contributed by atoms with E-state index in [1.54, 1.807) is 7.11 Å². The molecular formula is C50H53NOS2Si2. The van der Waals surface area contributed by atoms with Gasteiger partial charge in [-0.15, -0.1) is 23.5 Å². The Morgan fingerprint density at radius 2 is 0.786 bits per heavy atom.